The third kappa shape index (κ3) is 4.00. The molecule has 1 amide bonds. The van der Waals surface area contributed by atoms with Gasteiger partial charge in [0.1, 0.15) is 4.21 Å². The normalized spacial score (nSPS) is 11.3. The molecule has 0 radical (unpaired) electrons. The Balaban J connectivity index is 2.00. The fourth-order valence-electron chi connectivity index (χ4n) is 1.39. The maximum atomic E-state index is 11.8. The first-order valence-corrected chi connectivity index (χ1v) is 9.27. The van der Waals surface area contributed by atoms with Crippen LogP contribution in [0.15, 0.2) is 28.5 Å². The van der Waals surface area contributed by atoms with E-state index >= 15 is 0 Å². The summed E-state index contributed by atoms with van der Waals surface area (Å²) < 4.78 is 22.2. The molecule has 2 aromatic rings. The summed E-state index contributed by atoms with van der Waals surface area (Å²) >= 11 is 1.72. The van der Waals surface area contributed by atoms with Gasteiger partial charge in [0.2, 0.25) is 0 Å². The van der Waals surface area contributed by atoms with Gasteiger partial charge in [-0.1, -0.05) is 11.3 Å². The molecule has 0 aromatic carbocycles. The van der Waals surface area contributed by atoms with E-state index in [-0.39, 0.29) is 20.6 Å². The van der Waals surface area contributed by atoms with Gasteiger partial charge in [-0.15, -0.1) is 11.3 Å². The zero-order valence-electron chi connectivity index (χ0n) is 10.1. The van der Waals surface area contributed by atoms with Gasteiger partial charge in [-0.25, -0.2) is 8.42 Å². The number of thiophene rings is 2. The first-order chi connectivity index (χ1) is 9.77. The number of nitro groups is 1. The highest BCUT2D eigenvalue weighted by molar-refractivity contribution is 8.15. The van der Waals surface area contributed by atoms with Gasteiger partial charge in [-0.3, -0.25) is 14.9 Å². The van der Waals surface area contributed by atoms with Crippen LogP contribution in [0, 0.1) is 10.1 Å². The molecule has 0 fully saturated rings. The topological polar surface area (TPSA) is 106 Å². The Morgan fingerprint density at radius 2 is 2.00 bits per heavy atom. The predicted molar refractivity (Wildman–Crippen MR) is 79.5 cm³/mol. The minimum Gasteiger partial charge on any atom is -0.346 e. The molecular weight excluding hydrogens is 360 g/mol. The van der Waals surface area contributed by atoms with E-state index in [0.29, 0.717) is 4.88 Å². The first kappa shape index (κ1) is 15.9. The third-order valence-electron chi connectivity index (χ3n) is 2.30. The molecule has 0 aliphatic rings. The van der Waals surface area contributed by atoms with Crippen molar-refractivity contribution in [2.45, 2.75) is 10.8 Å². The van der Waals surface area contributed by atoms with E-state index in [1.54, 1.807) is 0 Å². The van der Waals surface area contributed by atoms with Crippen LogP contribution in [-0.4, -0.2) is 19.2 Å². The summed E-state index contributed by atoms with van der Waals surface area (Å²) in [6.07, 6.45) is 0. The smallest absolute Gasteiger partial charge is 0.324 e. The van der Waals surface area contributed by atoms with Crippen LogP contribution in [0.25, 0.3) is 0 Å². The highest BCUT2D eigenvalue weighted by Crippen LogP contribution is 2.26. The molecule has 0 aliphatic heterocycles. The number of nitrogens with one attached hydrogen (secondary N) is 1. The van der Waals surface area contributed by atoms with Crippen LogP contribution in [0.2, 0.25) is 0 Å². The van der Waals surface area contributed by atoms with Crippen molar-refractivity contribution in [2.24, 2.45) is 0 Å². The van der Waals surface area contributed by atoms with E-state index < -0.39 is 19.9 Å². The van der Waals surface area contributed by atoms with Gasteiger partial charge in [0.15, 0.2) is 0 Å². The van der Waals surface area contributed by atoms with Crippen LogP contribution >= 0.6 is 33.4 Å². The molecule has 2 heterocycles. The highest BCUT2D eigenvalue weighted by Gasteiger charge is 2.16. The SMILES string of the molecule is O=C(NCc1ccc(S(=O)(=O)Cl)s1)c1ccc([N+](=O)[O-])s1. The van der Waals surface area contributed by atoms with E-state index in [1.807, 2.05) is 0 Å². The maximum absolute atomic E-state index is 11.8. The number of carbonyl (C=O) groups is 1. The molecule has 0 bridgehead atoms. The Bertz CT molecular complexity index is 795. The van der Waals surface area contributed by atoms with Crippen LogP contribution in [-0.2, 0) is 15.6 Å². The molecule has 11 heteroatoms. The summed E-state index contributed by atoms with van der Waals surface area (Å²) in [6, 6.07) is 5.51. The fraction of sp³-hybridized carbons (Fsp3) is 0.100. The van der Waals surface area contributed by atoms with Gasteiger partial charge in [0.25, 0.3) is 15.0 Å². The minimum absolute atomic E-state index is 0.000164. The Hall–Kier alpha value is -1.49. The Kier molecular flexibility index (Phi) is 4.61. The van der Waals surface area contributed by atoms with Gasteiger partial charge in [0.05, 0.1) is 16.3 Å². The lowest BCUT2D eigenvalue weighted by Crippen LogP contribution is -2.21. The molecule has 2 aromatic heterocycles. The van der Waals surface area contributed by atoms with Gasteiger partial charge in [-0.05, 0) is 18.2 Å². The zero-order chi connectivity index (χ0) is 15.6. The molecule has 7 nitrogen and oxygen atoms in total. The van der Waals surface area contributed by atoms with Crippen molar-refractivity contribution in [3.8, 4) is 0 Å². The monoisotopic (exact) mass is 366 g/mol. The fourth-order valence-corrected chi connectivity index (χ4v) is 4.19. The third-order valence-corrected chi connectivity index (χ3v) is 6.51. The zero-order valence-corrected chi connectivity index (χ0v) is 13.3. The minimum atomic E-state index is -3.77. The van der Waals surface area contributed by atoms with Gasteiger partial charge >= 0.3 is 5.00 Å². The number of nitrogens with zero attached hydrogens (tertiary/aromatic N) is 1. The molecule has 112 valence electrons. The van der Waals surface area contributed by atoms with E-state index in [2.05, 4.69) is 5.32 Å². The van der Waals surface area contributed by atoms with Crippen LogP contribution in [0.3, 0.4) is 0 Å². The molecule has 1 N–H and O–H groups in total. The van der Waals surface area contributed by atoms with Crippen molar-refractivity contribution in [1.29, 1.82) is 0 Å². The standard InChI is InChI=1S/C10H7ClN2O5S3/c11-21(17,18)9-4-1-6(19-9)5-12-10(14)7-2-3-8(20-7)13(15)16/h1-4H,5H2,(H,12,14). The number of hydrogen-bond acceptors (Lipinski definition) is 7. The van der Waals surface area contributed by atoms with E-state index in [9.17, 15) is 23.3 Å². The van der Waals surface area contributed by atoms with Crippen molar-refractivity contribution in [3.63, 3.8) is 0 Å². The van der Waals surface area contributed by atoms with Crippen LogP contribution in [0.4, 0.5) is 5.00 Å². The highest BCUT2D eigenvalue weighted by atomic mass is 35.7. The average Bonchev–Trinajstić information content (AvgIpc) is 3.04. The molecule has 0 atom stereocenters. The van der Waals surface area contributed by atoms with Crippen LogP contribution in [0.1, 0.15) is 14.5 Å². The molecule has 0 spiro atoms. The first-order valence-electron chi connectivity index (χ1n) is 5.33. The number of halogens is 1. The number of carbonyl (C=O) groups excluding carboxylic acids is 1. The molecule has 21 heavy (non-hydrogen) atoms. The Morgan fingerprint density at radius 1 is 1.29 bits per heavy atom. The summed E-state index contributed by atoms with van der Waals surface area (Å²) in [6.45, 7) is 0.113. The van der Waals surface area contributed by atoms with E-state index in [4.69, 9.17) is 10.7 Å². The largest absolute Gasteiger partial charge is 0.346 e. The summed E-state index contributed by atoms with van der Waals surface area (Å²) in [7, 11) is 1.42. The van der Waals surface area contributed by atoms with Crippen LogP contribution in [0.5, 0.6) is 0 Å². The second kappa shape index (κ2) is 6.10. The molecule has 0 saturated heterocycles. The molecule has 0 unspecified atom stereocenters. The summed E-state index contributed by atoms with van der Waals surface area (Å²) in [5, 5.41) is 13.0. The number of amides is 1. The van der Waals surface area contributed by atoms with Crippen molar-refractivity contribution in [3.05, 3.63) is 44.1 Å². The lowest BCUT2D eigenvalue weighted by atomic mass is 10.4. The lowest BCUT2D eigenvalue weighted by Gasteiger charge is -2.00. The average molecular weight is 367 g/mol. The van der Waals surface area contributed by atoms with Crippen molar-refractivity contribution < 1.29 is 18.1 Å². The summed E-state index contributed by atoms with van der Waals surface area (Å²) in [4.78, 5) is 22.6. The maximum Gasteiger partial charge on any atom is 0.324 e. The number of rotatable bonds is 5. The van der Waals surface area contributed by atoms with Crippen molar-refractivity contribution in [2.75, 3.05) is 0 Å². The molecule has 0 saturated carbocycles. The van der Waals surface area contributed by atoms with E-state index in [0.717, 1.165) is 22.7 Å². The molecular formula is C10H7ClN2O5S3. The van der Waals surface area contributed by atoms with E-state index in [1.165, 1.54) is 24.3 Å². The van der Waals surface area contributed by atoms with Gasteiger partial charge < -0.3 is 5.32 Å². The number of hydrogen-bond donors (Lipinski definition) is 1. The Morgan fingerprint density at radius 3 is 2.52 bits per heavy atom. The predicted octanol–water partition coefficient (Wildman–Crippen LogP) is 2.58. The lowest BCUT2D eigenvalue weighted by molar-refractivity contribution is -0.380. The van der Waals surface area contributed by atoms with Gasteiger partial charge in [0, 0.05) is 21.6 Å². The summed E-state index contributed by atoms with van der Waals surface area (Å²) in [5.41, 5.74) is 0. The summed E-state index contributed by atoms with van der Waals surface area (Å²) in [5.74, 6) is -0.461. The second-order valence-electron chi connectivity index (χ2n) is 3.74. The van der Waals surface area contributed by atoms with Gasteiger partial charge in [-0.2, -0.15) is 0 Å². The Labute approximate surface area is 131 Å². The second-order valence-corrected chi connectivity index (χ2v) is 8.76. The molecule has 2 rings (SSSR count). The van der Waals surface area contributed by atoms with Crippen molar-refractivity contribution >= 4 is 53.3 Å². The van der Waals surface area contributed by atoms with Crippen molar-refractivity contribution in [1.82, 2.24) is 5.32 Å². The quantitative estimate of drug-likeness (QED) is 0.497. The molecule has 0 aliphatic carbocycles. The van der Waals surface area contributed by atoms with Crippen LogP contribution < -0.4 is 5.32 Å².